The summed E-state index contributed by atoms with van der Waals surface area (Å²) < 4.78 is 25.2. The smallest absolute Gasteiger partial charge is 0.152 e. The van der Waals surface area contributed by atoms with Crippen LogP contribution in [0.25, 0.3) is 21.8 Å². The summed E-state index contributed by atoms with van der Waals surface area (Å²) in [5.74, 6) is 1.32. The lowest BCUT2D eigenvalue weighted by molar-refractivity contribution is 0.290. The van der Waals surface area contributed by atoms with Gasteiger partial charge >= 0.3 is 0 Å². The predicted molar refractivity (Wildman–Crippen MR) is 161 cm³/mol. The Morgan fingerprint density at radius 2 is 1.70 bits per heavy atom. The zero-order valence-electron chi connectivity index (χ0n) is 22.3. The van der Waals surface area contributed by atoms with Gasteiger partial charge in [-0.3, -0.25) is 4.68 Å². The first-order valence-corrected chi connectivity index (χ1v) is 15.5. The predicted octanol–water partition coefficient (Wildman–Crippen LogP) is 4.69. The van der Waals surface area contributed by atoms with Crippen LogP contribution in [0.2, 0.25) is 0 Å². The molecule has 9 nitrogen and oxygen atoms in total. The van der Waals surface area contributed by atoms with E-state index < -0.39 is 9.84 Å². The number of rotatable bonds is 10. The Labute approximate surface area is 234 Å². The maximum atomic E-state index is 11.6. The molecule has 1 aliphatic rings. The Balaban J connectivity index is 1.09. The lowest BCUT2D eigenvalue weighted by Gasteiger charge is -2.26. The molecule has 1 fully saturated rings. The van der Waals surface area contributed by atoms with Gasteiger partial charge in [0, 0.05) is 41.8 Å². The van der Waals surface area contributed by atoms with E-state index in [1.54, 1.807) is 6.33 Å². The molecule has 0 bridgehead atoms. The highest BCUT2D eigenvalue weighted by Gasteiger charge is 2.20. The van der Waals surface area contributed by atoms with Gasteiger partial charge in [0.1, 0.15) is 12.1 Å². The molecule has 0 unspecified atom stereocenters. The largest absolute Gasteiger partial charge is 0.385 e. The molecule has 0 atom stereocenters. The Morgan fingerprint density at radius 3 is 2.55 bits per heavy atom. The van der Waals surface area contributed by atoms with Crippen LogP contribution in [-0.4, -0.2) is 70.8 Å². The molecule has 6 rings (SSSR count). The Kier molecular flexibility index (Phi) is 7.61. The van der Waals surface area contributed by atoms with E-state index in [-0.39, 0.29) is 11.5 Å². The number of benzene rings is 3. The van der Waals surface area contributed by atoms with Crippen LogP contribution in [0.15, 0.2) is 79.3 Å². The van der Waals surface area contributed by atoms with Gasteiger partial charge in [0.25, 0.3) is 0 Å². The van der Waals surface area contributed by atoms with Gasteiger partial charge in [-0.15, -0.1) is 0 Å². The number of aromatic nitrogens is 4. The number of sulfone groups is 1. The van der Waals surface area contributed by atoms with Crippen molar-refractivity contribution >= 4 is 48.8 Å². The lowest BCUT2D eigenvalue weighted by Crippen LogP contribution is -2.40. The number of hydrogen-bond acceptors (Lipinski definition) is 8. The summed E-state index contributed by atoms with van der Waals surface area (Å²) in [5.41, 5.74) is 5.13. The molecule has 0 spiro atoms. The quantitative estimate of drug-likeness (QED) is 0.239. The molecule has 0 amide bonds. The molecule has 0 radical (unpaired) electrons. The first kappa shape index (κ1) is 26.2. The van der Waals surface area contributed by atoms with Crippen molar-refractivity contribution in [2.45, 2.75) is 19.4 Å². The van der Waals surface area contributed by atoms with Crippen LogP contribution in [0.4, 0.5) is 17.2 Å². The van der Waals surface area contributed by atoms with E-state index in [0.717, 1.165) is 71.5 Å². The zero-order valence-corrected chi connectivity index (χ0v) is 23.1. The highest BCUT2D eigenvalue weighted by atomic mass is 32.2. The van der Waals surface area contributed by atoms with Crippen LogP contribution in [0.5, 0.6) is 0 Å². The van der Waals surface area contributed by atoms with Crippen molar-refractivity contribution < 1.29 is 8.42 Å². The fourth-order valence-corrected chi connectivity index (χ4v) is 6.39. The second kappa shape index (κ2) is 11.6. The third-order valence-corrected chi connectivity index (χ3v) is 8.99. The molecule has 206 valence electrons. The van der Waals surface area contributed by atoms with Crippen LogP contribution in [0.1, 0.15) is 18.4 Å². The minimum absolute atomic E-state index is 0.284. The molecule has 3 aromatic carbocycles. The van der Waals surface area contributed by atoms with Gasteiger partial charge < -0.3 is 15.5 Å². The summed E-state index contributed by atoms with van der Waals surface area (Å²) in [5, 5.41) is 13.6. The summed E-state index contributed by atoms with van der Waals surface area (Å²) in [6.45, 7) is 3.81. The fourth-order valence-electron chi connectivity index (χ4n) is 5.12. The average Bonchev–Trinajstić information content (AvgIpc) is 3.36. The van der Waals surface area contributed by atoms with E-state index in [0.29, 0.717) is 13.1 Å². The SMILES string of the molecule is O=S1(=O)CCN(CCCCNc2ccc3ncnc(Nc4ccc5c(cnn5Cc5ccccc5)c4)c3c2)CC1. The van der Waals surface area contributed by atoms with Gasteiger partial charge in [-0.05, 0) is 61.3 Å². The van der Waals surface area contributed by atoms with Crippen molar-refractivity contribution in [1.82, 2.24) is 24.6 Å². The Bertz CT molecular complexity index is 1710. The maximum Gasteiger partial charge on any atom is 0.152 e. The van der Waals surface area contributed by atoms with Crippen molar-refractivity contribution in [2.24, 2.45) is 0 Å². The summed E-state index contributed by atoms with van der Waals surface area (Å²) in [7, 11) is -2.82. The third-order valence-electron chi connectivity index (χ3n) is 7.38. The monoisotopic (exact) mass is 555 g/mol. The number of unbranched alkanes of at least 4 members (excludes halogenated alkanes) is 1. The minimum atomic E-state index is -2.82. The Morgan fingerprint density at radius 1 is 0.875 bits per heavy atom. The van der Waals surface area contributed by atoms with Crippen LogP contribution in [-0.2, 0) is 16.4 Å². The second-order valence-electron chi connectivity index (χ2n) is 10.3. The van der Waals surface area contributed by atoms with Crippen LogP contribution >= 0.6 is 0 Å². The maximum absolute atomic E-state index is 11.6. The van der Waals surface area contributed by atoms with E-state index in [1.807, 2.05) is 41.2 Å². The van der Waals surface area contributed by atoms with Crippen molar-refractivity contribution in [3.8, 4) is 0 Å². The van der Waals surface area contributed by atoms with E-state index >= 15 is 0 Å². The van der Waals surface area contributed by atoms with Gasteiger partial charge in [-0.25, -0.2) is 18.4 Å². The summed E-state index contributed by atoms with van der Waals surface area (Å²) in [6, 6.07) is 22.7. The molecule has 2 aromatic heterocycles. The highest BCUT2D eigenvalue weighted by Crippen LogP contribution is 2.28. The molecular weight excluding hydrogens is 522 g/mol. The van der Waals surface area contributed by atoms with Crippen molar-refractivity contribution in [1.29, 1.82) is 0 Å². The molecule has 1 aliphatic heterocycles. The molecule has 40 heavy (non-hydrogen) atoms. The number of fused-ring (bicyclic) bond motifs is 2. The van der Waals surface area contributed by atoms with E-state index in [2.05, 4.69) is 67.0 Å². The summed E-state index contributed by atoms with van der Waals surface area (Å²) >= 11 is 0. The van der Waals surface area contributed by atoms with Crippen molar-refractivity contribution in [3.05, 3.63) is 84.8 Å². The number of nitrogens with zero attached hydrogens (tertiary/aromatic N) is 5. The second-order valence-corrected chi connectivity index (χ2v) is 12.6. The van der Waals surface area contributed by atoms with E-state index in [4.69, 9.17) is 0 Å². The topological polar surface area (TPSA) is 105 Å². The van der Waals surface area contributed by atoms with E-state index in [1.165, 1.54) is 5.56 Å². The van der Waals surface area contributed by atoms with Crippen LogP contribution in [0, 0.1) is 0 Å². The molecule has 0 saturated carbocycles. The van der Waals surface area contributed by atoms with Gasteiger partial charge in [0.2, 0.25) is 0 Å². The molecular formula is C30H33N7O2S. The van der Waals surface area contributed by atoms with Gasteiger partial charge in [0.15, 0.2) is 9.84 Å². The van der Waals surface area contributed by atoms with Gasteiger partial charge in [-0.1, -0.05) is 30.3 Å². The average molecular weight is 556 g/mol. The number of nitrogens with one attached hydrogen (secondary N) is 2. The van der Waals surface area contributed by atoms with Gasteiger partial charge in [-0.2, -0.15) is 5.10 Å². The molecule has 2 N–H and O–H groups in total. The summed E-state index contributed by atoms with van der Waals surface area (Å²) in [6.07, 6.45) is 5.52. The van der Waals surface area contributed by atoms with Crippen LogP contribution in [0.3, 0.4) is 0 Å². The first-order valence-electron chi connectivity index (χ1n) is 13.7. The Hall–Kier alpha value is -4.02. The first-order chi connectivity index (χ1) is 19.5. The van der Waals surface area contributed by atoms with Gasteiger partial charge in [0.05, 0.1) is 35.3 Å². The number of anilines is 3. The minimum Gasteiger partial charge on any atom is -0.385 e. The molecule has 10 heteroatoms. The molecule has 5 aromatic rings. The number of hydrogen-bond donors (Lipinski definition) is 2. The van der Waals surface area contributed by atoms with Crippen LogP contribution < -0.4 is 10.6 Å². The third kappa shape index (κ3) is 6.24. The van der Waals surface area contributed by atoms with Crippen molar-refractivity contribution in [2.75, 3.05) is 48.3 Å². The van der Waals surface area contributed by atoms with Crippen molar-refractivity contribution in [3.63, 3.8) is 0 Å². The highest BCUT2D eigenvalue weighted by molar-refractivity contribution is 7.91. The normalized spacial score (nSPS) is 15.4. The molecule has 1 saturated heterocycles. The molecule has 0 aliphatic carbocycles. The van der Waals surface area contributed by atoms with E-state index in [9.17, 15) is 8.42 Å². The lowest BCUT2D eigenvalue weighted by atomic mass is 10.2. The summed E-state index contributed by atoms with van der Waals surface area (Å²) in [4.78, 5) is 11.2. The molecule has 3 heterocycles. The fraction of sp³-hybridized carbons (Fsp3) is 0.300. The zero-order chi connectivity index (χ0) is 27.4. The standard InChI is InChI=1S/C30H33N7O2S/c38-40(39)16-14-36(15-17-40)13-5-4-12-31-25-8-10-28-27(19-25)30(33-22-32-28)35-26-9-11-29-24(18-26)20-34-37(29)21-23-6-2-1-3-7-23/h1-3,6-11,18-20,22,31H,4-5,12-17,21H2,(H,32,33,35).